The van der Waals surface area contributed by atoms with Gasteiger partial charge in [0.2, 0.25) is 5.91 Å². The molecule has 3 atom stereocenters. The lowest BCUT2D eigenvalue weighted by Crippen LogP contribution is -2.46. The Morgan fingerprint density at radius 1 is 0.439 bits per heavy atom. The Morgan fingerprint density at radius 3 is 1.09 bits per heavy atom. The van der Waals surface area contributed by atoms with E-state index in [9.17, 15) is 19.4 Å². The summed E-state index contributed by atoms with van der Waals surface area (Å²) in [5.74, 6) is -0.171. The lowest BCUT2D eigenvalue weighted by molar-refractivity contribution is -0.870. The number of likely N-dealkylation sites (N-methyl/N-ethyl adjacent to an activating group) is 1. The number of quaternary nitrogens is 1. The quantitative estimate of drug-likeness (QED) is 0.0272. The van der Waals surface area contributed by atoms with Gasteiger partial charge in [0.15, 0.2) is 0 Å². The molecule has 0 aromatic rings. The van der Waals surface area contributed by atoms with Crippen molar-refractivity contribution in [2.24, 2.45) is 0 Å². The van der Waals surface area contributed by atoms with Gasteiger partial charge < -0.3 is 28.8 Å². The van der Waals surface area contributed by atoms with Gasteiger partial charge in [-0.25, -0.2) is 0 Å². The number of allylic oxidation sites excluding steroid dienone is 12. The van der Waals surface area contributed by atoms with Crippen LogP contribution in [0.5, 0.6) is 0 Å². The van der Waals surface area contributed by atoms with Crippen molar-refractivity contribution in [1.29, 1.82) is 0 Å². The zero-order chi connectivity index (χ0) is 59.8. The van der Waals surface area contributed by atoms with E-state index in [1.54, 1.807) is 0 Å². The molecule has 82 heavy (non-hydrogen) atoms. The van der Waals surface area contributed by atoms with Gasteiger partial charge in [0.05, 0.1) is 39.9 Å². The van der Waals surface area contributed by atoms with Crippen molar-refractivity contribution >= 4 is 13.7 Å². The fourth-order valence-electron chi connectivity index (χ4n) is 10.5. The van der Waals surface area contributed by atoms with Gasteiger partial charge in [0.25, 0.3) is 7.82 Å². The molecule has 0 aliphatic rings. The molecule has 0 saturated carbocycles. The largest absolute Gasteiger partial charge is 0.756 e. The predicted octanol–water partition coefficient (Wildman–Crippen LogP) is 21.9. The number of nitrogens with zero attached hydrogens (tertiary/aromatic N) is 1. The minimum absolute atomic E-state index is 0.00783. The summed E-state index contributed by atoms with van der Waals surface area (Å²) in [4.78, 5) is 25.7. The lowest BCUT2D eigenvalue weighted by Gasteiger charge is -2.30. The van der Waals surface area contributed by atoms with E-state index in [0.717, 1.165) is 83.5 Å². The van der Waals surface area contributed by atoms with Crippen molar-refractivity contribution in [2.75, 3.05) is 40.9 Å². The summed E-state index contributed by atoms with van der Waals surface area (Å²) >= 11 is 0. The van der Waals surface area contributed by atoms with Crippen LogP contribution >= 0.6 is 7.82 Å². The van der Waals surface area contributed by atoms with Crippen LogP contribution in [0.3, 0.4) is 0 Å². The Morgan fingerprint density at radius 2 is 0.744 bits per heavy atom. The van der Waals surface area contributed by atoms with Gasteiger partial charge in [-0.3, -0.25) is 9.36 Å². The highest BCUT2D eigenvalue weighted by Crippen LogP contribution is 2.38. The predicted molar refractivity (Wildman–Crippen MR) is 357 cm³/mol. The van der Waals surface area contributed by atoms with Crippen molar-refractivity contribution in [3.63, 3.8) is 0 Å². The molecule has 0 saturated heterocycles. The molecule has 8 nitrogen and oxygen atoms in total. The van der Waals surface area contributed by atoms with Crippen LogP contribution < -0.4 is 10.2 Å². The van der Waals surface area contributed by atoms with Gasteiger partial charge in [-0.2, -0.15) is 0 Å². The first-order valence-electron chi connectivity index (χ1n) is 35.3. The van der Waals surface area contributed by atoms with Crippen molar-refractivity contribution in [3.05, 3.63) is 72.9 Å². The average Bonchev–Trinajstić information content (AvgIpc) is 3.45. The summed E-state index contributed by atoms with van der Waals surface area (Å²) in [6, 6.07) is -0.812. The second-order valence-electron chi connectivity index (χ2n) is 25.2. The fraction of sp³-hybridized carbons (Fsp3) is 0.822. The smallest absolute Gasteiger partial charge is 0.268 e. The summed E-state index contributed by atoms with van der Waals surface area (Å²) in [5.41, 5.74) is 0. The molecule has 1 amide bonds. The highest BCUT2D eigenvalue weighted by atomic mass is 31.2. The molecule has 0 rings (SSSR count). The topological polar surface area (TPSA) is 108 Å². The maximum absolute atomic E-state index is 13.1. The number of carbonyl (C=O) groups is 1. The fourth-order valence-corrected chi connectivity index (χ4v) is 11.2. The van der Waals surface area contributed by atoms with Gasteiger partial charge in [0, 0.05) is 6.42 Å². The molecule has 0 aromatic carbocycles. The summed E-state index contributed by atoms with van der Waals surface area (Å²) in [6.45, 7) is 4.64. The maximum Gasteiger partial charge on any atom is 0.268 e. The van der Waals surface area contributed by atoms with Crippen LogP contribution in [0.15, 0.2) is 72.9 Å². The minimum atomic E-state index is -4.59. The number of aliphatic hydroxyl groups is 1. The van der Waals surface area contributed by atoms with Gasteiger partial charge in [-0.1, -0.05) is 337 Å². The number of rotatable bonds is 65. The van der Waals surface area contributed by atoms with E-state index in [1.807, 2.05) is 21.1 Å². The Bertz CT molecular complexity index is 1570. The van der Waals surface area contributed by atoms with Crippen molar-refractivity contribution in [1.82, 2.24) is 5.32 Å². The van der Waals surface area contributed by atoms with Gasteiger partial charge in [-0.05, 0) is 64.2 Å². The zero-order valence-electron chi connectivity index (χ0n) is 54.9. The molecular weight excluding hydrogens is 1030 g/mol. The molecule has 0 radical (unpaired) electrons. The molecule has 0 aromatic heterocycles. The molecule has 0 bridgehead atoms. The number of phosphoric ester groups is 1. The standard InChI is InChI=1S/C73H137N2O6P/c1-6-8-10-12-14-16-18-20-22-24-26-28-30-32-34-35-36-37-38-39-41-42-44-46-48-50-52-54-56-58-60-62-64-66-72(76)71(70-81-82(78,79)80-69-68-75(3,4)5)74-73(77)67-65-63-61-59-57-55-53-51-49-47-45-43-40-33-31-29-27-25-23-21-19-17-15-13-11-9-7-2/h9,11,15,17,21,23,27,29,33,40,45,47,71-72,76H,6-8,10,12-14,16,18-20,22,24-26,28,30-32,34-39,41-44,46,48-70H2,1-5H3,(H-,74,77,78,79)/b11-9-,17-15-,23-21-,29-27-,40-33-,47-45-. The SMILES string of the molecule is CC/C=C\C/C=C\C/C=C\C/C=C\C/C=C\C/C=C\CCCCCCCCCCC(=O)NC(COP(=O)([O-])OCC[N+](C)(C)C)C(O)CCCCCCCCCCCCCCCCCCCCCCCCCCCCCCCCCCC. The molecule has 9 heteroatoms. The molecule has 3 unspecified atom stereocenters. The van der Waals surface area contributed by atoms with Gasteiger partial charge >= 0.3 is 0 Å². The van der Waals surface area contributed by atoms with Crippen molar-refractivity contribution in [3.8, 4) is 0 Å². The monoisotopic (exact) mass is 1170 g/mol. The third-order valence-electron chi connectivity index (χ3n) is 16.0. The number of hydrogen-bond acceptors (Lipinski definition) is 6. The van der Waals surface area contributed by atoms with Crippen LogP contribution in [0.25, 0.3) is 0 Å². The van der Waals surface area contributed by atoms with Crippen LogP contribution in [0, 0.1) is 0 Å². The Balaban J connectivity index is 4.05. The van der Waals surface area contributed by atoms with Crippen molar-refractivity contribution in [2.45, 2.75) is 347 Å². The van der Waals surface area contributed by atoms with E-state index in [0.29, 0.717) is 23.9 Å². The van der Waals surface area contributed by atoms with Gasteiger partial charge in [-0.15, -0.1) is 0 Å². The van der Waals surface area contributed by atoms with Gasteiger partial charge in [0.1, 0.15) is 13.2 Å². The average molecular weight is 1170 g/mol. The number of amides is 1. The molecule has 480 valence electrons. The number of carbonyl (C=O) groups excluding carboxylic acids is 1. The summed E-state index contributed by atoms with van der Waals surface area (Å²) < 4.78 is 23.5. The molecule has 0 aliphatic carbocycles. The van der Waals surface area contributed by atoms with Crippen LogP contribution in [0.1, 0.15) is 335 Å². The van der Waals surface area contributed by atoms with E-state index in [4.69, 9.17) is 9.05 Å². The first-order chi connectivity index (χ1) is 40.0. The van der Waals surface area contributed by atoms with Crippen LogP contribution in [-0.2, 0) is 18.4 Å². The molecule has 0 spiro atoms. The maximum atomic E-state index is 13.1. The third-order valence-corrected chi connectivity index (χ3v) is 16.9. The number of nitrogens with one attached hydrogen (secondary N) is 1. The van der Waals surface area contributed by atoms with Crippen LogP contribution in [0.4, 0.5) is 0 Å². The number of aliphatic hydroxyl groups excluding tert-OH is 1. The van der Waals surface area contributed by atoms with E-state index in [2.05, 4.69) is 92.1 Å². The number of unbranched alkanes of at least 4 members (excludes halogenated alkanes) is 40. The minimum Gasteiger partial charge on any atom is -0.756 e. The Labute approximate surface area is 510 Å². The normalized spacial score (nSPS) is 14.1. The number of phosphoric acid groups is 1. The molecule has 0 heterocycles. The number of hydrogen-bond donors (Lipinski definition) is 2. The van der Waals surface area contributed by atoms with Crippen molar-refractivity contribution < 1.29 is 32.9 Å². The molecular formula is C73H137N2O6P. The Hall–Kier alpha value is -2.06. The summed E-state index contributed by atoms with van der Waals surface area (Å²) in [7, 11) is 1.30. The zero-order valence-corrected chi connectivity index (χ0v) is 55.8. The molecule has 0 fully saturated rings. The summed E-state index contributed by atoms with van der Waals surface area (Å²) in [6.07, 6.45) is 88.4. The second-order valence-corrected chi connectivity index (χ2v) is 26.6. The van der Waals surface area contributed by atoms with E-state index >= 15 is 0 Å². The highest BCUT2D eigenvalue weighted by molar-refractivity contribution is 7.45. The van der Waals surface area contributed by atoms with E-state index < -0.39 is 20.0 Å². The van der Waals surface area contributed by atoms with Crippen LogP contribution in [-0.4, -0.2) is 68.5 Å². The second kappa shape index (κ2) is 63.4. The highest BCUT2D eigenvalue weighted by Gasteiger charge is 2.24. The molecule has 0 aliphatic heterocycles. The first-order valence-corrected chi connectivity index (χ1v) is 36.7. The van der Waals surface area contributed by atoms with E-state index in [1.165, 1.54) is 225 Å². The lowest BCUT2D eigenvalue weighted by atomic mass is 10.0. The van der Waals surface area contributed by atoms with E-state index in [-0.39, 0.29) is 19.1 Å². The summed E-state index contributed by atoms with van der Waals surface area (Å²) in [5, 5.41) is 14.1. The third kappa shape index (κ3) is 65.5. The Kier molecular flexibility index (Phi) is 61.8. The first kappa shape index (κ1) is 79.9. The van der Waals surface area contributed by atoms with Crippen LogP contribution in [0.2, 0.25) is 0 Å². The molecule has 2 N–H and O–H groups in total.